The van der Waals surface area contributed by atoms with E-state index in [1.165, 1.54) is 6.42 Å². The fraction of sp³-hybridized carbons (Fsp3) is 0.846. The van der Waals surface area contributed by atoms with Gasteiger partial charge < -0.3 is 0 Å². The average Bonchev–Trinajstić information content (AvgIpc) is 2.10. The van der Waals surface area contributed by atoms with Gasteiger partial charge in [-0.1, -0.05) is 6.08 Å². The molecular formula is C13H20. The Morgan fingerprint density at radius 2 is 1.85 bits per heavy atom. The molecule has 0 radical (unpaired) electrons. The van der Waals surface area contributed by atoms with Crippen molar-refractivity contribution in [3.63, 3.8) is 0 Å². The first-order valence-corrected chi connectivity index (χ1v) is 5.97. The summed E-state index contributed by atoms with van der Waals surface area (Å²) in [5.41, 5.74) is 0. The van der Waals surface area contributed by atoms with Gasteiger partial charge in [0, 0.05) is 0 Å². The Morgan fingerprint density at radius 1 is 1.15 bits per heavy atom. The zero-order valence-corrected chi connectivity index (χ0v) is 8.41. The zero-order chi connectivity index (χ0) is 8.84. The van der Waals surface area contributed by atoms with Crippen LogP contribution in [0.25, 0.3) is 0 Å². The molecule has 0 amide bonds. The first kappa shape index (κ1) is 8.08. The van der Waals surface area contributed by atoms with E-state index in [-0.39, 0.29) is 0 Å². The molecule has 0 saturated heterocycles. The highest BCUT2D eigenvalue weighted by molar-refractivity contribution is 4.99. The predicted molar refractivity (Wildman–Crippen MR) is 55.3 cm³/mol. The van der Waals surface area contributed by atoms with Gasteiger partial charge in [-0.25, -0.2) is 0 Å². The molecular weight excluding hydrogens is 158 g/mol. The molecule has 4 aliphatic carbocycles. The number of rotatable bonds is 2. The van der Waals surface area contributed by atoms with Crippen molar-refractivity contribution >= 4 is 0 Å². The van der Waals surface area contributed by atoms with E-state index in [1.807, 2.05) is 0 Å². The summed E-state index contributed by atoms with van der Waals surface area (Å²) in [6.07, 6.45) is 11.3. The maximum atomic E-state index is 3.91. The first-order valence-electron chi connectivity index (χ1n) is 5.97. The fourth-order valence-corrected chi connectivity index (χ4v) is 4.62. The van der Waals surface area contributed by atoms with Crippen LogP contribution in [0.15, 0.2) is 12.7 Å². The first-order chi connectivity index (χ1) is 6.36. The molecule has 4 saturated carbocycles. The monoisotopic (exact) mass is 178 g/mol. The maximum Gasteiger partial charge on any atom is -0.0320 e. The lowest BCUT2D eigenvalue weighted by Gasteiger charge is -2.54. The summed E-state index contributed by atoms with van der Waals surface area (Å²) in [6, 6.07) is 0. The summed E-state index contributed by atoms with van der Waals surface area (Å²) >= 11 is 0. The second kappa shape index (κ2) is 2.87. The van der Waals surface area contributed by atoms with Gasteiger partial charge >= 0.3 is 0 Å². The lowest BCUT2D eigenvalue weighted by molar-refractivity contribution is -0.0348. The zero-order valence-electron chi connectivity index (χ0n) is 8.41. The highest BCUT2D eigenvalue weighted by Gasteiger charge is 2.47. The Kier molecular flexibility index (Phi) is 1.78. The molecule has 0 heteroatoms. The third-order valence-corrected chi connectivity index (χ3v) is 4.86. The Morgan fingerprint density at radius 3 is 2.38 bits per heavy atom. The van der Waals surface area contributed by atoms with E-state index in [2.05, 4.69) is 12.7 Å². The highest BCUT2D eigenvalue weighted by atomic mass is 15.2. The molecule has 3 atom stereocenters. The SMILES string of the molecule is C=CCC1C2CC3CC(C2)C[14CH]1C3. The van der Waals surface area contributed by atoms with E-state index < -0.39 is 0 Å². The smallest absolute Gasteiger partial charge is 0.0320 e. The van der Waals surface area contributed by atoms with Gasteiger partial charge in [-0.05, 0) is 68.1 Å². The summed E-state index contributed by atoms with van der Waals surface area (Å²) in [5.74, 6) is 5.47. The van der Waals surface area contributed by atoms with Crippen LogP contribution in [-0.2, 0) is 0 Å². The minimum absolute atomic E-state index is 1.03. The minimum atomic E-state index is 1.03. The molecule has 0 nitrogen and oxygen atoms in total. The average molecular weight is 178 g/mol. The Bertz CT molecular complexity index is 188. The summed E-state index contributed by atoms with van der Waals surface area (Å²) in [6.45, 7) is 3.91. The van der Waals surface area contributed by atoms with Crippen LogP contribution >= 0.6 is 0 Å². The Hall–Kier alpha value is -0.260. The summed E-state index contributed by atoms with van der Waals surface area (Å²) in [7, 11) is 0. The van der Waals surface area contributed by atoms with Crippen molar-refractivity contribution < 1.29 is 0 Å². The van der Waals surface area contributed by atoms with Crippen molar-refractivity contribution in [2.24, 2.45) is 29.6 Å². The van der Waals surface area contributed by atoms with E-state index in [4.69, 9.17) is 0 Å². The van der Waals surface area contributed by atoms with Crippen molar-refractivity contribution in [1.82, 2.24) is 0 Å². The topological polar surface area (TPSA) is 0 Å². The van der Waals surface area contributed by atoms with Crippen LogP contribution in [0.1, 0.15) is 38.5 Å². The molecule has 4 fully saturated rings. The molecule has 72 valence electrons. The maximum absolute atomic E-state index is 3.91. The van der Waals surface area contributed by atoms with Crippen LogP contribution in [0.3, 0.4) is 0 Å². The van der Waals surface area contributed by atoms with Gasteiger partial charge in [0.25, 0.3) is 0 Å². The van der Waals surface area contributed by atoms with Crippen molar-refractivity contribution in [3.05, 3.63) is 12.7 Å². The lowest BCUT2D eigenvalue weighted by Crippen LogP contribution is -2.44. The van der Waals surface area contributed by atoms with Crippen LogP contribution in [0.4, 0.5) is 0 Å². The van der Waals surface area contributed by atoms with Crippen molar-refractivity contribution in [2.75, 3.05) is 0 Å². The van der Waals surface area contributed by atoms with E-state index in [1.54, 1.807) is 32.1 Å². The van der Waals surface area contributed by atoms with Gasteiger partial charge in [-0.15, -0.1) is 6.58 Å². The van der Waals surface area contributed by atoms with Gasteiger partial charge in [0.05, 0.1) is 0 Å². The number of hydrogen-bond donors (Lipinski definition) is 0. The van der Waals surface area contributed by atoms with E-state index in [0.29, 0.717) is 0 Å². The second-order valence-electron chi connectivity index (χ2n) is 5.62. The van der Waals surface area contributed by atoms with E-state index in [0.717, 1.165) is 29.6 Å². The summed E-state index contributed by atoms with van der Waals surface area (Å²) < 4.78 is 0. The summed E-state index contributed by atoms with van der Waals surface area (Å²) in [5, 5.41) is 0. The molecule has 0 heterocycles. The van der Waals surface area contributed by atoms with E-state index >= 15 is 0 Å². The van der Waals surface area contributed by atoms with Crippen molar-refractivity contribution in [3.8, 4) is 0 Å². The Balaban J connectivity index is 1.81. The van der Waals surface area contributed by atoms with Crippen molar-refractivity contribution in [1.29, 1.82) is 0 Å². The molecule has 0 aromatic rings. The standard InChI is InChI=1S/C13H20/c1-2-3-13-11-5-9-4-10(7-11)8-12(13)6-9/h2,9-13H,1,3-8H2/i11+2. The Labute approximate surface area is 81.4 Å². The van der Waals surface area contributed by atoms with Gasteiger partial charge in [0.15, 0.2) is 0 Å². The van der Waals surface area contributed by atoms with Crippen LogP contribution in [0.2, 0.25) is 0 Å². The largest absolute Gasteiger partial charge is 0.103 e. The summed E-state index contributed by atoms with van der Waals surface area (Å²) in [4.78, 5) is 0. The van der Waals surface area contributed by atoms with Crippen LogP contribution in [-0.4, -0.2) is 0 Å². The third kappa shape index (κ3) is 1.18. The molecule has 4 rings (SSSR count). The van der Waals surface area contributed by atoms with E-state index in [9.17, 15) is 0 Å². The minimum Gasteiger partial charge on any atom is -0.103 e. The van der Waals surface area contributed by atoms with Gasteiger partial charge in [0.2, 0.25) is 0 Å². The molecule has 13 heavy (non-hydrogen) atoms. The molecule has 0 spiro atoms. The van der Waals surface area contributed by atoms with Crippen LogP contribution in [0, 0.1) is 29.6 Å². The lowest BCUT2D eigenvalue weighted by atomic mass is 9.64. The normalized spacial score (nSPS) is 52.5. The van der Waals surface area contributed by atoms with Gasteiger partial charge in [0.1, 0.15) is 0 Å². The van der Waals surface area contributed by atoms with Crippen LogP contribution < -0.4 is 0 Å². The second-order valence-corrected chi connectivity index (χ2v) is 5.62. The molecule has 0 aromatic heterocycles. The molecule has 0 aliphatic heterocycles. The van der Waals surface area contributed by atoms with Gasteiger partial charge in [-0.3, -0.25) is 0 Å². The molecule has 4 bridgehead atoms. The number of allylic oxidation sites excluding steroid dienone is 1. The molecule has 0 aromatic carbocycles. The molecule has 4 aliphatic rings. The quantitative estimate of drug-likeness (QED) is 0.566. The highest BCUT2D eigenvalue weighted by Crippen LogP contribution is 2.57. The van der Waals surface area contributed by atoms with Gasteiger partial charge in [-0.2, -0.15) is 0 Å². The third-order valence-electron chi connectivity index (χ3n) is 4.86. The van der Waals surface area contributed by atoms with Crippen LogP contribution in [0.5, 0.6) is 0 Å². The predicted octanol–water partition coefficient (Wildman–Crippen LogP) is 3.63. The molecule has 0 N–H and O–H groups in total. The fourth-order valence-electron chi connectivity index (χ4n) is 4.62. The number of hydrogen-bond acceptors (Lipinski definition) is 0. The molecule has 3 unspecified atom stereocenters. The van der Waals surface area contributed by atoms with Crippen molar-refractivity contribution in [2.45, 2.75) is 38.5 Å².